The lowest BCUT2D eigenvalue weighted by molar-refractivity contribution is -0.147. The molecule has 3 atom stereocenters. The fourth-order valence-corrected chi connectivity index (χ4v) is 18.1. The van der Waals surface area contributed by atoms with Crippen LogP contribution in [0.5, 0.6) is 0 Å². The molecule has 3 unspecified atom stereocenters. The summed E-state index contributed by atoms with van der Waals surface area (Å²) in [5.41, 5.74) is 0. The van der Waals surface area contributed by atoms with Crippen LogP contribution in [0.2, 0.25) is 44.8 Å². The first-order valence-electron chi connectivity index (χ1n) is 8.23. The Morgan fingerprint density at radius 2 is 1.74 bits per heavy atom. The van der Waals surface area contributed by atoms with Gasteiger partial charge in [-0.1, -0.05) is 19.5 Å². The summed E-state index contributed by atoms with van der Waals surface area (Å²) in [6.45, 7) is 12.6. The van der Waals surface area contributed by atoms with E-state index < -0.39 is 36.4 Å². The van der Waals surface area contributed by atoms with Crippen LogP contribution in [0.15, 0.2) is 0 Å². The quantitative estimate of drug-likeness (QED) is 0.359. The van der Waals surface area contributed by atoms with Gasteiger partial charge in [-0.25, -0.2) is 0 Å². The molecule has 0 amide bonds. The Labute approximate surface area is 148 Å². The zero-order chi connectivity index (χ0) is 17.5. The Bertz CT molecular complexity index is 360. The molecule has 134 valence electrons. The van der Waals surface area contributed by atoms with Crippen molar-refractivity contribution >= 4 is 51.9 Å². The first kappa shape index (κ1) is 21.4. The van der Waals surface area contributed by atoms with Crippen LogP contribution in [-0.2, 0) is 26.0 Å². The third kappa shape index (κ3) is 8.35. The van der Waals surface area contributed by atoms with Gasteiger partial charge in [0.15, 0.2) is 0 Å². The Hall–Kier alpha value is 0.394. The minimum absolute atomic E-state index is 0.152. The van der Waals surface area contributed by atoms with E-state index in [1.165, 1.54) is 0 Å². The number of carbonyl (C=O) groups excluding carboxylic acids is 1. The molecular weight excluding hydrogens is 381 g/mol. The summed E-state index contributed by atoms with van der Waals surface area (Å²) in [5, 5.41) is 0. The molecule has 23 heavy (non-hydrogen) atoms. The van der Waals surface area contributed by atoms with Crippen molar-refractivity contribution < 1.29 is 26.0 Å². The highest BCUT2D eigenvalue weighted by molar-refractivity contribution is 6.81. The zero-order valence-electron chi connectivity index (χ0n) is 15.1. The number of ether oxygens (including phenoxy) is 1. The predicted octanol–water partition coefficient (Wildman–Crippen LogP) is 1.43. The average molecular weight is 411 g/mol. The van der Waals surface area contributed by atoms with E-state index in [1.807, 2.05) is 33.1 Å². The van der Waals surface area contributed by atoms with Gasteiger partial charge in [-0.05, 0) is 32.6 Å². The third-order valence-electron chi connectivity index (χ3n) is 3.49. The minimum Gasteiger partial charge on any atom is -0.465 e. The summed E-state index contributed by atoms with van der Waals surface area (Å²) in [6, 6.07) is 1.71. The minimum atomic E-state index is -2.46. The second-order valence-corrected chi connectivity index (χ2v) is 17.4. The number of hydrogen-bond acceptors (Lipinski definition) is 6. The van der Waals surface area contributed by atoms with Gasteiger partial charge in [0.2, 0.25) is 0 Å². The fourth-order valence-electron chi connectivity index (χ4n) is 2.66. The molecule has 0 aromatic rings. The van der Waals surface area contributed by atoms with Gasteiger partial charge in [0, 0.05) is 15.6 Å². The maximum absolute atomic E-state index is 12.1. The first-order chi connectivity index (χ1) is 10.8. The van der Waals surface area contributed by atoms with Gasteiger partial charge in [-0.2, -0.15) is 0 Å². The van der Waals surface area contributed by atoms with Crippen molar-refractivity contribution in [2.75, 3.05) is 6.61 Å². The number of carbonyl (C=O) groups is 1. The van der Waals surface area contributed by atoms with Crippen molar-refractivity contribution in [1.82, 2.24) is 0 Å². The van der Waals surface area contributed by atoms with Crippen LogP contribution in [0.1, 0.15) is 13.3 Å². The Morgan fingerprint density at radius 1 is 1.17 bits per heavy atom. The van der Waals surface area contributed by atoms with Crippen molar-refractivity contribution in [2.24, 2.45) is 5.92 Å². The molecule has 0 bridgehead atoms. The molecule has 1 saturated heterocycles. The van der Waals surface area contributed by atoms with Crippen LogP contribution in [0, 0.1) is 5.92 Å². The van der Waals surface area contributed by atoms with Gasteiger partial charge in [-0.15, -0.1) is 0 Å². The third-order valence-corrected chi connectivity index (χ3v) is 18.5. The fraction of sp³-hybridized carbons (Fsp3) is 0.917. The van der Waals surface area contributed by atoms with Gasteiger partial charge in [0.1, 0.15) is 0 Å². The molecule has 1 fully saturated rings. The molecule has 1 heterocycles. The van der Waals surface area contributed by atoms with E-state index >= 15 is 0 Å². The van der Waals surface area contributed by atoms with E-state index in [4.69, 9.17) is 21.2 Å². The van der Waals surface area contributed by atoms with E-state index in [1.54, 1.807) is 0 Å². The van der Waals surface area contributed by atoms with E-state index in [0.29, 0.717) is 12.7 Å². The smallest absolute Gasteiger partial charge is 0.317 e. The summed E-state index contributed by atoms with van der Waals surface area (Å²) in [7, 11) is -6.68. The van der Waals surface area contributed by atoms with Crippen LogP contribution in [-0.4, -0.2) is 58.5 Å². The van der Waals surface area contributed by atoms with E-state index in [-0.39, 0.29) is 11.9 Å². The highest BCUT2D eigenvalue weighted by atomic mass is 28.5. The largest absolute Gasteiger partial charge is 0.465 e. The summed E-state index contributed by atoms with van der Waals surface area (Å²) in [4.78, 5) is 12.1. The number of esters is 1. The SMILES string of the molecule is C[Si]CCCOC(=O)C(C)C[Si]1(C)O[SiH](C)O[SiH](C)O[SiH](C)O1. The average Bonchev–Trinajstić information content (AvgIpc) is 2.40. The monoisotopic (exact) mass is 410 g/mol. The summed E-state index contributed by atoms with van der Waals surface area (Å²) >= 11 is 0. The summed E-state index contributed by atoms with van der Waals surface area (Å²) in [5.74, 6) is -0.368. The van der Waals surface area contributed by atoms with Crippen LogP contribution in [0.3, 0.4) is 0 Å². The maximum Gasteiger partial charge on any atom is 0.317 e. The normalized spacial score (nSPS) is 33.6. The predicted molar refractivity (Wildman–Crippen MR) is 101 cm³/mol. The Balaban J connectivity index is 2.55. The van der Waals surface area contributed by atoms with Crippen molar-refractivity contribution in [3.05, 3.63) is 0 Å². The van der Waals surface area contributed by atoms with E-state index in [0.717, 1.165) is 22.0 Å². The summed E-state index contributed by atoms with van der Waals surface area (Å²) in [6.07, 6.45) is 0.938. The Kier molecular flexibility index (Phi) is 9.69. The molecule has 11 heteroatoms. The number of rotatable bonds is 7. The van der Waals surface area contributed by atoms with Crippen LogP contribution in [0.4, 0.5) is 0 Å². The van der Waals surface area contributed by atoms with Gasteiger partial charge < -0.3 is 21.2 Å². The maximum atomic E-state index is 12.1. The highest BCUT2D eigenvalue weighted by Gasteiger charge is 2.42. The standard InChI is InChI=1S/C12H30O6Si5/c1-11(12(13)14-8-7-9-19-2)10-23(6)17-21(4)15-20(3)16-22(5)18-23/h11,20-22H,7-10H2,1-6H3. The molecule has 0 spiro atoms. The van der Waals surface area contributed by atoms with Crippen molar-refractivity contribution in [2.45, 2.75) is 58.2 Å². The molecule has 6 nitrogen and oxygen atoms in total. The van der Waals surface area contributed by atoms with Gasteiger partial charge in [0.25, 0.3) is 27.9 Å². The van der Waals surface area contributed by atoms with E-state index in [9.17, 15) is 4.79 Å². The molecule has 0 N–H and O–H groups in total. The lowest BCUT2D eigenvalue weighted by Gasteiger charge is -2.37. The van der Waals surface area contributed by atoms with Crippen molar-refractivity contribution in [1.29, 1.82) is 0 Å². The molecule has 2 radical (unpaired) electrons. The second-order valence-electron chi connectivity index (χ2n) is 6.07. The Morgan fingerprint density at radius 3 is 2.26 bits per heavy atom. The van der Waals surface area contributed by atoms with Gasteiger partial charge >= 0.3 is 14.5 Å². The summed E-state index contributed by atoms with van der Waals surface area (Å²) < 4.78 is 29.6. The van der Waals surface area contributed by atoms with Crippen molar-refractivity contribution in [3.63, 3.8) is 0 Å². The van der Waals surface area contributed by atoms with Crippen LogP contribution >= 0.6 is 0 Å². The van der Waals surface area contributed by atoms with Crippen molar-refractivity contribution in [3.8, 4) is 0 Å². The topological polar surface area (TPSA) is 63.2 Å². The molecular formula is C12H30O6Si5. The highest BCUT2D eigenvalue weighted by Crippen LogP contribution is 2.25. The lowest BCUT2D eigenvalue weighted by Crippen LogP contribution is -2.54. The van der Waals surface area contributed by atoms with Crippen LogP contribution < -0.4 is 0 Å². The van der Waals surface area contributed by atoms with Gasteiger partial charge in [-0.3, -0.25) is 4.79 Å². The molecule has 1 aliphatic heterocycles. The lowest BCUT2D eigenvalue weighted by atomic mass is 10.2. The zero-order valence-corrected chi connectivity index (χ0v) is 20.6. The molecule has 1 aliphatic rings. The number of hydrogen-bond donors (Lipinski definition) is 0. The molecule has 1 rings (SSSR count). The van der Waals surface area contributed by atoms with Gasteiger partial charge in [0.05, 0.1) is 12.5 Å². The first-order valence-corrected chi connectivity index (χ1v) is 18.8. The van der Waals surface area contributed by atoms with Crippen LogP contribution in [0.25, 0.3) is 0 Å². The molecule has 0 aromatic heterocycles. The molecule has 0 saturated carbocycles. The molecule has 0 aromatic carbocycles. The second kappa shape index (κ2) is 10.4. The van der Waals surface area contributed by atoms with E-state index in [2.05, 4.69) is 6.55 Å². The molecule has 0 aliphatic carbocycles.